The van der Waals surface area contributed by atoms with Crippen molar-refractivity contribution >= 4 is 27.4 Å². The monoisotopic (exact) mass is 335 g/mol. The molecular weight excluding hydrogens is 306 g/mol. The van der Waals surface area contributed by atoms with E-state index in [1.54, 1.807) is 20.2 Å². The fourth-order valence-electron chi connectivity index (χ4n) is 2.96. The van der Waals surface area contributed by atoms with Gasteiger partial charge in [0.15, 0.2) is 0 Å². The number of aryl methyl sites for hydroxylation is 2. The summed E-state index contributed by atoms with van der Waals surface area (Å²) in [6.45, 7) is 7.92. The Labute approximate surface area is 143 Å². The van der Waals surface area contributed by atoms with Crippen molar-refractivity contribution in [3.8, 4) is 0 Å². The van der Waals surface area contributed by atoms with E-state index in [1.807, 2.05) is 11.3 Å². The highest BCUT2D eigenvalue weighted by Crippen LogP contribution is 2.39. The van der Waals surface area contributed by atoms with Gasteiger partial charge in [-0.1, -0.05) is 20.3 Å². The van der Waals surface area contributed by atoms with E-state index >= 15 is 0 Å². The van der Waals surface area contributed by atoms with E-state index in [9.17, 15) is 0 Å². The molecule has 5 heteroatoms. The van der Waals surface area contributed by atoms with Crippen LogP contribution >= 0.6 is 11.3 Å². The predicted molar refractivity (Wildman–Crippen MR) is 99.4 cm³/mol. The molecule has 1 aliphatic carbocycles. The number of nitrogens with zero attached hydrogens (tertiary/aromatic N) is 2. The summed E-state index contributed by atoms with van der Waals surface area (Å²) in [5.41, 5.74) is 1.51. The first kappa shape index (κ1) is 18.1. The molecule has 4 nitrogen and oxygen atoms in total. The highest BCUT2D eigenvalue weighted by molar-refractivity contribution is 7.19. The van der Waals surface area contributed by atoms with Crippen LogP contribution in [-0.4, -0.2) is 27.2 Å². The quantitative estimate of drug-likeness (QED) is 0.841. The number of rotatable bonds is 5. The number of hydrogen-bond acceptors (Lipinski definition) is 5. The van der Waals surface area contributed by atoms with E-state index in [-0.39, 0.29) is 6.10 Å². The summed E-state index contributed by atoms with van der Waals surface area (Å²) in [6.07, 6.45) is 8.80. The molecule has 2 aromatic heterocycles. The van der Waals surface area contributed by atoms with Gasteiger partial charge in [0.25, 0.3) is 0 Å². The Kier molecular flexibility index (Phi) is 6.78. The molecule has 2 heterocycles. The lowest BCUT2D eigenvalue weighted by atomic mass is 10.1. The lowest BCUT2D eigenvalue weighted by Crippen LogP contribution is -2.19. The molecule has 1 atom stereocenters. The SMILES string of the molecule is CC(C)O.CCC[C@@H](CC)Nc1ncnc2sc3c(c12)CCC3. The van der Waals surface area contributed by atoms with Gasteiger partial charge in [0, 0.05) is 17.0 Å². The van der Waals surface area contributed by atoms with Gasteiger partial charge in [-0.15, -0.1) is 11.3 Å². The van der Waals surface area contributed by atoms with Gasteiger partial charge < -0.3 is 10.4 Å². The molecule has 0 aromatic carbocycles. The molecule has 0 bridgehead atoms. The van der Waals surface area contributed by atoms with Gasteiger partial charge in [-0.25, -0.2) is 9.97 Å². The molecule has 2 N–H and O–H groups in total. The summed E-state index contributed by atoms with van der Waals surface area (Å²) in [4.78, 5) is 11.7. The van der Waals surface area contributed by atoms with Gasteiger partial charge in [0.2, 0.25) is 0 Å². The van der Waals surface area contributed by atoms with E-state index in [0.717, 1.165) is 17.1 Å². The maximum atomic E-state index is 8.06. The molecule has 128 valence electrons. The molecule has 2 aromatic rings. The zero-order chi connectivity index (χ0) is 16.8. The summed E-state index contributed by atoms with van der Waals surface area (Å²) >= 11 is 1.86. The Morgan fingerprint density at radius 3 is 2.65 bits per heavy atom. The fourth-order valence-corrected chi connectivity index (χ4v) is 4.19. The first-order valence-corrected chi connectivity index (χ1v) is 9.58. The molecule has 3 rings (SSSR count). The van der Waals surface area contributed by atoms with Crippen LogP contribution < -0.4 is 5.32 Å². The predicted octanol–water partition coefficient (Wildman–Crippen LogP) is 4.56. The maximum Gasteiger partial charge on any atom is 0.138 e. The van der Waals surface area contributed by atoms with Crippen molar-refractivity contribution < 1.29 is 5.11 Å². The normalized spacial score (nSPS) is 14.5. The standard InChI is InChI=1S/C15H21N3S.C3H8O/c1-3-6-10(4-2)18-14-13-11-7-5-8-12(11)19-15(13)17-9-16-14;1-3(2)4/h9-10H,3-8H2,1-2H3,(H,16,17,18);3-4H,1-2H3/t10-;/m1./s1. The second-order valence-electron chi connectivity index (χ2n) is 6.39. The molecule has 0 spiro atoms. The van der Waals surface area contributed by atoms with Gasteiger partial charge in [0.05, 0.1) is 5.39 Å². The topological polar surface area (TPSA) is 58.0 Å². The third-order valence-electron chi connectivity index (χ3n) is 3.97. The molecular formula is C18H29N3OS. The Morgan fingerprint density at radius 1 is 1.26 bits per heavy atom. The molecule has 0 saturated carbocycles. The number of aliphatic hydroxyl groups excluding tert-OH is 1. The van der Waals surface area contributed by atoms with Crippen LogP contribution in [0.1, 0.15) is 63.8 Å². The molecule has 0 radical (unpaired) electrons. The number of thiophene rings is 1. The van der Waals surface area contributed by atoms with E-state index in [2.05, 4.69) is 29.1 Å². The minimum Gasteiger partial charge on any atom is -0.394 e. The number of nitrogens with one attached hydrogen (secondary N) is 1. The third kappa shape index (κ3) is 4.64. The average Bonchev–Trinajstić information content (AvgIpc) is 3.06. The Hall–Kier alpha value is -1.20. The zero-order valence-corrected chi connectivity index (χ0v) is 15.5. The maximum absolute atomic E-state index is 8.06. The minimum atomic E-state index is -0.167. The number of anilines is 1. The number of fused-ring (bicyclic) bond motifs is 3. The summed E-state index contributed by atoms with van der Waals surface area (Å²) < 4.78 is 0. The minimum absolute atomic E-state index is 0.167. The second-order valence-corrected chi connectivity index (χ2v) is 7.48. The lowest BCUT2D eigenvalue weighted by Gasteiger charge is -2.17. The summed E-state index contributed by atoms with van der Waals surface area (Å²) in [5.74, 6) is 1.06. The summed E-state index contributed by atoms with van der Waals surface area (Å²) in [7, 11) is 0. The number of aromatic nitrogens is 2. The molecule has 0 saturated heterocycles. The number of aliphatic hydroxyl groups is 1. The molecule has 0 unspecified atom stereocenters. The summed E-state index contributed by atoms with van der Waals surface area (Å²) in [6, 6.07) is 0.528. The summed E-state index contributed by atoms with van der Waals surface area (Å²) in [5, 5.41) is 13.0. The van der Waals surface area contributed by atoms with Crippen molar-refractivity contribution in [3.05, 3.63) is 16.8 Å². The van der Waals surface area contributed by atoms with Crippen LogP contribution in [0.3, 0.4) is 0 Å². The Bertz CT molecular complexity index is 621. The van der Waals surface area contributed by atoms with Crippen molar-refractivity contribution in [1.82, 2.24) is 9.97 Å². The van der Waals surface area contributed by atoms with Crippen LogP contribution in [0, 0.1) is 0 Å². The van der Waals surface area contributed by atoms with Gasteiger partial charge in [-0.3, -0.25) is 0 Å². The first-order chi connectivity index (χ1) is 11.1. The fraction of sp³-hybridized carbons (Fsp3) is 0.667. The Balaban J connectivity index is 0.000000433. The van der Waals surface area contributed by atoms with Crippen LogP contribution in [-0.2, 0) is 12.8 Å². The van der Waals surface area contributed by atoms with E-state index < -0.39 is 0 Å². The second kappa shape index (κ2) is 8.60. The highest BCUT2D eigenvalue weighted by atomic mass is 32.1. The van der Waals surface area contributed by atoms with E-state index in [4.69, 9.17) is 5.11 Å². The van der Waals surface area contributed by atoms with Crippen LogP contribution in [0.25, 0.3) is 10.2 Å². The van der Waals surface area contributed by atoms with Crippen molar-refractivity contribution in [2.75, 3.05) is 5.32 Å². The van der Waals surface area contributed by atoms with Gasteiger partial charge >= 0.3 is 0 Å². The van der Waals surface area contributed by atoms with E-state index in [0.29, 0.717) is 6.04 Å². The van der Waals surface area contributed by atoms with Crippen molar-refractivity contribution in [2.45, 2.75) is 78.4 Å². The van der Waals surface area contributed by atoms with E-state index in [1.165, 1.54) is 47.9 Å². The van der Waals surface area contributed by atoms with Crippen molar-refractivity contribution in [2.24, 2.45) is 0 Å². The van der Waals surface area contributed by atoms with Crippen LogP contribution in [0.4, 0.5) is 5.82 Å². The zero-order valence-electron chi connectivity index (χ0n) is 14.7. The number of hydrogen-bond donors (Lipinski definition) is 2. The largest absolute Gasteiger partial charge is 0.394 e. The lowest BCUT2D eigenvalue weighted by molar-refractivity contribution is 0.216. The highest BCUT2D eigenvalue weighted by Gasteiger charge is 2.21. The van der Waals surface area contributed by atoms with Gasteiger partial charge in [0.1, 0.15) is 17.0 Å². The average molecular weight is 336 g/mol. The van der Waals surface area contributed by atoms with Gasteiger partial charge in [-0.2, -0.15) is 0 Å². The van der Waals surface area contributed by atoms with Crippen molar-refractivity contribution in [1.29, 1.82) is 0 Å². The Morgan fingerprint density at radius 2 is 2.00 bits per heavy atom. The molecule has 0 amide bonds. The van der Waals surface area contributed by atoms with Crippen LogP contribution in [0.5, 0.6) is 0 Å². The molecule has 0 aliphatic heterocycles. The molecule has 0 fully saturated rings. The molecule has 1 aliphatic rings. The van der Waals surface area contributed by atoms with Crippen LogP contribution in [0.2, 0.25) is 0 Å². The molecule has 23 heavy (non-hydrogen) atoms. The smallest absolute Gasteiger partial charge is 0.138 e. The third-order valence-corrected chi connectivity index (χ3v) is 5.17. The van der Waals surface area contributed by atoms with Crippen LogP contribution in [0.15, 0.2) is 6.33 Å². The first-order valence-electron chi connectivity index (χ1n) is 8.76. The van der Waals surface area contributed by atoms with Crippen molar-refractivity contribution in [3.63, 3.8) is 0 Å². The van der Waals surface area contributed by atoms with Gasteiger partial charge in [-0.05, 0) is 51.5 Å².